The number of unbranched alkanes of at least 4 members (excludes halogenated alkanes) is 3. The highest BCUT2D eigenvalue weighted by molar-refractivity contribution is 7.79. The Balaban J connectivity index is 2.72. The maximum absolute atomic E-state index is 8.24. The monoisotopic (exact) mass is 354 g/mol. The molecule has 0 saturated heterocycles. The number of rotatable bonds is 9. The topological polar surface area (TPSA) is 45.4 Å². The van der Waals surface area contributed by atoms with Crippen LogP contribution in [-0.2, 0) is 4.74 Å². The number of hydrogen-bond donors (Lipinski definition) is 2. The number of thiol groups is 1. The van der Waals surface area contributed by atoms with Crippen molar-refractivity contribution >= 4 is 24.4 Å². The minimum atomic E-state index is 0.163. The van der Waals surface area contributed by atoms with E-state index in [-0.39, 0.29) is 11.4 Å². The Bertz CT molecular complexity index is 485. The summed E-state index contributed by atoms with van der Waals surface area (Å²) in [7, 11) is 2.31. The van der Waals surface area contributed by atoms with Crippen LogP contribution in [0.5, 0.6) is 0 Å². The molecule has 0 amide bonds. The zero-order chi connectivity index (χ0) is 18.2. The van der Waals surface area contributed by atoms with E-state index in [4.69, 9.17) is 10.1 Å². The van der Waals surface area contributed by atoms with Crippen LogP contribution in [0.2, 0.25) is 0 Å². The fourth-order valence-corrected chi connectivity index (χ4v) is 3.36. The van der Waals surface area contributed by atoms with Crippen LogP contribution >= 0.6 is 12.8 Å². The van der Waals surface area contributed by atoms with Crippen LogP contribution in [0, 0.1) is 5.41 Å². The molecular formula is C19H36N3OS+. The molecule has 1 N–H and O–H groups in total. The van der Waals surface area contributed by atoms with E-state index in [1.807, 2.05) is 0 Å². The molecule has 0 radical (unpaired) electrons. The highest BCUT2D eigenvalue weighted by Crippen LogP contribution is 2.31. The third-order valence-electron chi connectivity index (χ3n) is 5.72. The number of nitrogens with one attached hydrogen (secondary N) is 1. The Morgan fingerprint density at radius 3 is 2.62 bits per heavy atom. The average Bonchev–Trinajstić information content (AvgIpc) is 2.55. The molecule has 1 unspecified atom stereocenters. The number of quaternary nitrogens is 1. The molecule has 138 valence electrons. The molecule has 0 aliphatic carbocycles. The van der Waals surface area contributed by atoms with Crippen molar-refractivity contribution in [1.29, 1.82) is 5.41 Å². The van der Waals surface area contributed by atoms with Gasteiger partial charge < -0.3 is 9.22 Å². The first-order valence-electron chi connectivity index (χ1n) is 9.29. The lowest BCUT2D eigenvalue weighted by molar-refractivity contribution is -0.952. The van der Waals surface area contributed by atoms with Crippen LogP contribution in [0.15, 0.2) is 16.0 Å². The molecule has 0 saturated carbocycles. The van der Waals surface area contributed by atoms with E-state index in [0.717, 1.165) is 48.8 Å². The Labute approximate surface area is 154 Å². The number of nitrogens with zero attached hydrogens (tertiary/aromatic N) is 2. The molecule has 0 aromatic carbocycles. The fourth-order valence-electron chi connectivity index (χ4n) is 3.14. The summed E-state index contributed by atoms with van der Waals surface area (Å²) < 4.78 is 10.7. The quantitative estimate of drug-likeness (QED) is 0.202. The molecule has 0 spiro atoms. The highest BCUT2D eigenvalue weighted by atomic mass is 32.1. The number of hydrogen-bond acceptors (Lipinski definition) is 4. The Hall–Kier alpha value is -0.810. The molecule has 0 aromatic rings. The first-order chi connectivity index (χ1) is 11.3. The smallest absolute Gasteiger partial charge is 0.233 e. The van der Waals surface area contributed by atoms with Gasteiger partial charge in [-0.25, -0.2) is 4.40 Å². The van der Waals surface area contributed by atoms with Gasteiger partial charge >= 0.3 is 0 Å². The van der Waals surface area contributed by atoms with Crippen molar-refractivity contribution in [3.63, 3.8) is 0 Å². The van der Waals surface area contributed by atoms with Crippen molar-refractivity contribution in [3.05, 3.63) is 11.6 Å². The molecule has 0 aromatic heterocycles. The second-order valence-electron chi connectivity index (χ2n) is 7.65. The molecule has 4 nitrogen and oxygen atoms in total. The normalized spacial score (nSPS) is 22.2. The Kier molecular flexibility index (Phi) is 8.51. The summed E-state index contributed by atoms with van der Waals surface area (Å²) in [6, 6.07) is 0. The van der Waals surface area contributed by atoms with E-state index in [2.05, 4.69) is 58.0 Å². The van der Waals surface area contributed by atoms with Crippen molar-refractivity contribution in [2.75, 3.05) is 26.7 Å². The van der Waals surface area contributed by atoms with Crippen molar-refractivity contribution in [2.45, 2.75) is 71.8 Å². The number of ether oxygens (including phenoxy) is 1. The van der Waals surface area contributed by atoms with Gasteiger partial charge in [-0.05, 0) is 39.5 Å². The second-order valence-corrected chi connectivity index (χ2v) is 7.85. The van der Waals surface area contributed by atoms with Gasteiger partial charge in [0, 0.05) is 12.0 Å². The molecule has 1 atom stereocenters. The van der Waals surface area contributed by atoms with Crippen molar-refractivity contribution < 1.29 is 9.22 Å². The lowest BCUT2D eigenvalue weighted by Crippen LogP contribution is -2.61. The molecule has 0 fully saturated rings. The standard InChI is InChI=1S/C19H35N3OS/c1-6-8-9-10-14-23-18(20)17(21-24)16-12-11-13-22(5,15-16)19(3,4)7-2/h12,20H,6-11,13-15H2,1-5H3/p+1/b20-18?,21-17-. The Morgan fingerprint density at radius 1 is 1.33 bits per heavy atom. The first-order valence-corrected chi connectivity index (χ1v) is 9.69. The minimum absolute atomic E-state index is 0.163. The maximum atomic E-state index is 8.24. The third kappa shape index (κ3) is 5.35. The fraction of sp³-hybridized carbons (Fsp3) is 0.789. The summed E-state index contributed by atoms with van der Waals surface area (Å²) in [5.41, 5.74) is 1.90. The molecule has 1 aliphatic heterocycles. The van der Waals surface area contributed by atoms with Crippen LogP contribution in [0.4, 0.5) is 0 Å². The molecule has 5 heteroatoms. The molecule has 0 bridgehead atoms. The zero-order valence-electron chi connectivity index (χ0n) is 16.2. The van der Waals surface area contributed by atoms with Crippen LogP contribution in [0.1, 0.15) is 66.2 Å². The average molecular weight is 355 g/mol. The zero-order valence-corrected chi connectivity index (χ0v) is 17.1. The summed E-state index contributed by atoms with van der Waals surface area (Å²) in [5.74, 6) is 0.163. The molecule has 1 rings (SSSR count). The van der Waals surface area contributed by atoms with Gasteiger partial charge in [0.2, 0.25) is 5.90 Å². The van der Waals surface area contributed by atoms with Crippen molar-refractivity contribution in [2.24, 2.45) is 4.40 Å². The van der Waals surface area contributed by atoms with Crippen LogP contribution in [-0.4, -0.2) is 48.4 Å². The summed E-state index contributed by atoms with van der Waals surface area (Å²) in [6.07, 6.45) is 8.90. The highest BCUT2D eigenvalue weighted by Gasteiger charge is 2.41. The molecule has 1 aliphatic rings. The summed E-state index contributed by atoms with van der Waals surface area (Å²) in [4.78, 5) is 0. The SMILES string of the molecule is CCCCCCOC(=N)/C(=N\S)C1=CCC[N+](C)(C(C)(C)CC)C1. The van der Waals surface area contributed by atoms with E-state index < -0.39 is 0 Å². The lowest BCUT2D eigenvalue weighted by Gasteiger charge is -2.49. The van der Waals surface area contributed by atoms with Gasteiger partial charge in [0.15, 0.2) is 0 Å². The maximum Gasteiger partial charge on any atom is 0.233 e. The molecular weight excluding hydrogens is 318 g/mol. The van der Waals surface area contributed by atoms with Crippen molar-refractivity contribution in [1.82, 2.24) is 0 Å². The van der Waals surface area contributed by atoms with Crippen LogP contribution in [0.3, 0.4) is 0 Å². The predicted octanol–water partition coefficient (Wildman–Crippen LogP) is 4.81. The molecule has 1 heterocycles. The van der Waals surface area contributed by atoms with Crippen LogP contribution < -0.4 is 0 Å². The lowest BCUT2D eigenvalue weighted by atomic mass is 9.91. The second kappa shape index (κ2) is 9.62. The van der Waals surface area contributed by atoms with E-state index in [1.165, 1.54) is 12.8 Å². The number of likely N-dealkylation sites (N-methyl/N-ethyl adjacent to an activating group) is 1. The predicted molar refractivity (Wildman–Crippen MR) is 107 cm³/mol. The summed E-state index contributed by atoms with van der Waals surface area (Å²) >= 11 is 4.12. The van der Waals surface area contributed by atoms with Crippen molar-refractivity contribution in [3.8, 4) is 0 Å². The van der Waals surface area contributed by atoms with Gasteiger partial charge in [-0.1, -0.05) is 39.2 Å². The van der Waals surface area contributed by atoms with E-state index in [0.29, 0.717) is 12.3 Å². The van der Waals surface area contributed by atoms with E-state index in [9.17, 15) is 0 Å². The van der Waals surface area contributed by atoms with E-state index in [1.54, 1.807) is 0 Å². The van der Waals surface area contributed by atoms with Gasteiger partial charge in [-0.15, -0.1) is 0 Å². The van der Waals surface area contributed by atoms with Crippen LogP contribution in [0.25, 0.3) is 0 Å². The van der Waals surface area contributed by atoms with Gasteiger partial charge in [0.1, 0.15) is 12.3 Å². The molecule has 24 heavy (non-hydrogen) atoms. The van der Waals surface area contributed by atoms with Gasteiger partial charge in [0.05, 0.1) is 25.7 Å². The summed E-state index contributed by atoms with van der Waals surface area (Å²) in [6.45, 7) is 11.7. The summed E-state index contributed by atoms with van der Waals surface area (Å²) in [5, 5.41) is 8.24. The van der Waals surface area contributed by atoms with Gasteiger partial charge in [0.25, 0.3) is 0 Å². The minimum Gasteiger partial charge on any atom is -0.477 e. The Morgan fingerprint density at radius 2 is 2.04 bits per heavy atom. The van der Waals surface area contributed by atoms with Gasteiger partial charge in [-0.3, -0.25) is 5.41 Å². The third-order valence-corrected chi connectivity index (χ3v) is 5.92. The van der Waals surface area contributed by atoms with E-state index >= 15 is 0 Å². The first kappa shape index (κ1) is 21.2. The van der Waals surface area contributed by atoms with Gasteiger partial charge in [-0.2, -0.15) is 0 Å². The largest absolute Gasteiger partial charge is 0.477 e.